The van der Waals surface area contributed by atoms with Crippen LogP contribution in [0.2, 0.25) is 0 Å². The van der Waals surface area contributed by atoms with Gasteiger partial charge in [0.1, 0.15) is 6.54 Å². The van der Waals surface area contributed by atoms with Gasteiger partial charge in [0.15, 0.2) is 10.6 Å². The van der Waals surface area contributed by atoms with Crippen molar-refractivity contribution in [1.82, 2.24) is 35.0 Å². The SMILES string of the molecule is CSc1nnnn1-c1cccc(NC(=O)Cn2c(-c3cccc(C)c3)n[nH]c2=S)c1. The fraction of sp³-hybridized carbons (Fsp3) is 0.158. The molecule has 0 radical (unpaired) electrons. The number of amides is 1. The van der Waals surface area contributed by atoms with Crippen LogP contribution in [-0.4, -0.2) is 47.1 Å². The molecule has 0 aliphatic rings. The van der Waals surface area contributed by atoms with Crippen molar-refractivity contribution in [3.05, 3.63) is 58.9 Å². The molecule has 0 atom stereocenters. The van der Waals surface area contributed by atoms with Crippen molar-refractivity contribution in [1.29, 1.82) is 0 Å². The fourth-order valence-corrected chi connectivity index (χ4v) is 3.63. The Morgan fingerprint density at radius 1 is 1.23 bits per heavy atom. The van der Waals surface area contributed by atoms with Crippen LogP contribution in [0.25, 0.3) is 17.1 Å². The molecule has 0 bridgehead atoms. The molecule has 0 spiro atoms. The molecular weight excluding hydrogens is 420 g/mol. The highest BCUT2D eigenvalue weighted by Crippen LogP contribution is 2.20. The first-order valence-electron chi connectivity index (χ1n) is 9.00. The van der Waals surface area contributed by atoms with Crippen LogP contribution in [0, 0.1) is 11.7 Å². The van der Waals surface area contributed by atoms with Gasteiger partial charge in [-0.3, -0.25) is 14.5 Å². The van der Waals surface area contributed by atoms with E-state index in [2.05, 4.69) is 31.0 Å². The number of carbonyl (C=O) groups excluding carboxylic acids is 1. The quantitative estimate of drug-likeness (QED) is 0.351. The van der Waals surface area contributed by atoms with E-state index in [0.29, 0.717) is 21.4 Å². The number of tetrazole rings is 1. The van der Waals surface area contributed by atoms with Crippen molar-refractivity contribution in [2.75, 3.05) is 11.6 Å². The molecular formula is C19H18N8OS2. The van der Waals surface area contributed by atoms with Gasteiger partial charge in [-0.05, 0) is 60.1 Å². The summed E-state index contributed by atoms with van der Waals surface area (Å²) in [5, 5.41) is 22.3. The standard InChI is InChI=1S/C19H18N8OS2/c1-12-5-3-6-13(9-12)17-21-22-18(29)26(17)11-16(28)20-14-7-4-8-15(10-14)27-19(30-2)23-24-25-27/h3-10H,11H2,1-2H3,(H,20,28)(H,22,29). The third-order valence-corrected chi connectivity index (χ3v) is 5.27. The second kappa shape index (κ2) is 8.59. The van der Waals surface area contributed by atoms with Crippen LogP contribution >= 0.6 is 24.0 Å². The summed E-state index contributed by atoms with van der Waals surface area (Å²) in [5.74, 6) is 0.395. The molecule has 11 heteroatoms. The van der Waals surface area contributed by atoms with Crippen molar-refractivity contribution in [3.63, 3.8) is 0 Å². The third kappa shape index (κ3) is 4.16. The minimum Gasteiger partial charge on any atom is -0.324 e. The number of hydrogen-bond donors (Lipinski definition) is 2. The maximum Gasteiger partial charge on any atom is 0.244 e. The van der Waals surface area contributed by atoms with Gasteiger partial charge >= 0.3 is 0 Å². The zero-order valence-electron chi connectivity index (χ0n) is 16.2. The Balaban J connectivity index is 1.55. The molecule has 9 nitrogen and oxygen atoms in total. The summed E-state index contributed by atoms with van der Waals surface area (Å²) in [6.07, 6.45) is 1.90. The Kier molecular flexibility index (Phi) is 5.72. The van der Waals surface area contributed by atoms with E-state index in [1.807, 2.05) is 55.6 Å². The first-order valence-corrected chi connectivity index (χ1v) is 10.6. The van der Waals surface area contributed by atoms with Crippen LogP contribution in [0.3, 0.4) is 0 Å². The summed E-state index contributed by atoms with van der Waals surface area (Å²) in [5.41, 5.74) is 3.37. The molecule has 30 heavy (non-hydrogen) atoms. The molecule has 0 unspecified atom stereocenters. The summed E-state index contributed by atoms with van der Waals surface area (Å²) < 4.78 is 3.67. The summed E-state index contributed by atoms with van der Waals surface area (Å²) in [7, 11) is 0. The van der Waals surface area contributed by atoms with Crippen LogP contribution in [0.4, 0.5) is 5.69 Å². The number of rotatable bonds is 6. The predicted octanol–water partition coefficient (Wildman–Crippen LogP) is 3.25. The fourth-order valence-electron chi connectivity index (χ4n) is 3.00. The third-order valence-electron chi connectivity index (χ3n) is 4.33. The maximum atomic E-state index is 12.7. The highest BCUT2D eigenvalue weighted by molar-refractivity contribution is 7.98. The van der Waals surface area contributed by atoms with Crippen LogP contribution in [-0.2, 0) is 11.3 Å². The lowest BCUT2D eigenvalue weighted by Gasteiger charge is -2.10. The van der Waals surface area contributed by atoms with E-state index < -0.39 is 0 Å². The number of benzene rings is 2. The summed E-state index contributed by atoms with van der Waals surface area (Å²) >= 11 is 6.76. The van der Waals surface area contributed by atoms with Gasteiger partial charge in [0, 0.05) is 11.3 Å². The van der Waals surface area contributed by atoms with Gasteiger partial charge in [0.25, 0.3) is 0 Å². The van der Waals surface area contributed by atoms with Crippen LogP contribution < -0.4 is 5.32 Å². The molecule has 2 N–H and O–H groups in total. The highest BCUT2D eigenvalue weighted by atomic mass is 32.2. The Morgan fingerprint density at radius 3 is 2.87 bits per heavy atom. The minimum atomic E-state index is -0.222. The number of H-pyrrole nitrogens is 1. The second-order valence-corrected chi connectivity index (χ2v) is 7.64. The van der Waals surface area contributed by atoms with Gasteiger partial charge < -0.3 is 5.32 Å². The average Bonchev–Trinajstić information content (AvgIpc) is 3.35. The minimum absolute atomic E-state index is 0.0315. The van der Waals surface area contributed by atoms with Gasteiger partial charge in [0.2, 0.25) is 11.1 Å². The van der Waals surface area contributed by atoms with E-state index in [-0.39, 0.29) is 12.5 Å². The number of thioether (sulfide) groups is 1. The van der Waals surface area contributed by atoms with E-state index in [9.17, 15) is 4.79 Å². The lowest BCUT2D eigenvalue weighted by molar-refractivity contribution is -0.116. The Hall–Kier alpha value is -3.31. The number of aromatic nitrogens is 7. The maximum absolute atomic E-state index is 12.7. The number of aromatic amines is 1. The van der Waals surface area contributed by atoms with Crippen molar-refractivity contribution < 1.29 is 4.79 Å². The van der Waals surface area contributed by atoms with Gasteiger partial charge in [-0.25, -0.2) is 0 Å². The van der Waals surface area contributed by atoms with Crippen molar-refractivity contribution in [2.45, 2.75) is 18.6 Å². The highest BCUT2D eigenvalue weighted by Gasteiger charge is 2.14. The molecule has 4 rings (SSSR count). The molecule has 0 saturated heterocycles. The number of nitrogens with one attached hydrogen (secondary N) is 2. The van der Waals surface area contributed by atoms with Gasteiger partial charge in [-0.15, -0.1) is 5.10 Å². The zero-order chi connectivity index (χ0) is 21.1. The topological polar surface area (TPSA) is 106 Å². The number of hydrogen-bond acceptors (Lipinski definition) is 7. The largest absolute Gasteiger partial charge is 0.324 e. The van der Waals surface area contributed by atoms with Crippen molar-refractivity contribution in [2.24, 2.45) is 0 Å². The Bertz CT molecular complexity index is 1260. The average molecular weight is 439 g/mol. The number of carbonyl (C=O) groups is 1. The van der Waals surface area contributed by atoms with Crippen molar-refractivity contribution in [3.8, 4) is 17.1 Å². The van der Waals surface area contributed by atoms with Crippen LogP contribution in [0.15, 0.2) is 53.7 Å². The predicted molar refractivity (Wildman–Crippen MR) is 117 cm³/mol. The smallest absolute Gasteiger partial charge is 0.244 e. The van der Waals surface area contributed by atoms with Crippen molar-refractivity contribution >= 4 is 35.6 Å². The number of aryl methyl sites for hydroxylation is 1. The van der Waals surface area contributed by atoms with Gasteiger partial charge in [-0.2, -0.15) is 9.78 Å². The van der Waals surface area contributed by atoms with E-state index >= 15 is 0 Å². The molecule has 0 aliphatic heterocycles. The van der Waals surface area contributed by atoms with Crippen LogP contribution in [0.1, 0.15) is 5.56 Å². The molecule has 0 fully saturated rings. The first kappa shape index (κ1) is 20.0. The van der Waals surface area contributed by atoms with E-state index in [1.165, 1.54) is 11.8 Å². The molecule has 0 saturated carbocycles. The summed E-state index contributed by atoms with van der Waals surface area (Å²) in [4.78, 5) is 12.7. The van der Waals surface area contributed by atoms with Crippen LogP contribution in [0.5, 0.6) is 0 Å². The normalized spacial score (nSPS) is 10.9. The van der Waals surface area contributed by atoms with E-state index in [4.69, 9.17) is 12.2 Å². The molecule has 2 heterocycles. The molecule has 152 valence electrons. The number of nitrogens with zero attached hydrogens (tertiary/aromatic N) is 6. The first-order chi connectivity index (χ1) is 14.5. The Labute approximate surface area is 181 Å². The Morgan fingerprint density at radius 2 is 2.07 bits per heavy atom. The van der Waals surface area contributed by atoms with E-state index in [1.54, 1.807) is 15.3 Å². The zero-order valence-corrected chi connectivity index (χ0v) is 17.9. The summed E-state index contributed by atoms with van der Waals surface area (Å²) in [6, 6.07) is 15.2. The molecule has 2 aromatic heterocycles. The monoisotopic (exact) mass is 438 g/mol. The molecule has 4 aromatic rings. The van der Waals surface area contributed by atoms with Gasteiger partial charge in [0.05, 0.1) is 5.69 Å². The molecule has 2 aromatic carbocycles. The second-order valence-electron chi connectivity index (χ2n) is 6.48. The summed E-state index contributed by atoms with van der Waals surface area (Å²) in [6.45, 7) is 2.03. The van der Waals surface area contributed by atoms with Gasteiger partial charge in [-0.1, -0.05) is 41.6 Å². The number of anilines is 1. The molecule has 1 amide bonds. The lowest BCUT2D eigenvalue weighted by Crippen LogP contribution is -2.19. The van der Waals surface area contributed by atoms with E-state index in [0.717, 1.165) is 16.8 Å². The molecule has 0 aliphatic carbocycles. The lowest BCUT2D eigenvalue weighted by atomic mass is 10.1.